The summed E-state index contributed by atoms with van der Waals surface area (Å²) in [5, 5.41) is 8.70. The molecular formula is C11H8F3NO3. The lowest BCUT2D eigenvalue weighted by atomic mass is 10.1. The van der Waals surface area contributed by atoms with Crippen LogP contribution in [0.3, 0.4) is 0 Å². The van der Waals surface area contributed by atoms with Crippen LogP contribution in [0.15, 0.2) is 12.1 Å². The van der Waals surface area contributed by atoms with Gasteiger partial charge < -0.3 is 9.47 Å². The van der Waals surface area contributed by atoms with E-state index in [0.717, 1.165) is 13.2 Å². The van der Waals surface area contributed by atoms with Crippen LogP contribution in [0, 0.1) is 18.3 Å². The summed E-state index contributed by atoms with van der Waals surface area (Å²) in [6.45, 7) is 1.30. The van der Waals surface area contributed by atoms with Gasteiger partial charge in [-0.15, -0.1) is 13.2 Å². The van der Waals surface area contributed by atoms with E-state index in [1.807, 2.05) is 0 Å². The Bertz CT molecular complexity index is 517. The average Bonchev–Trinajstić information content (AvgIpc) is 2.28. The number of carbonyl (C=O) groups is 1. The minimum atomic E-state index is -4.93. The van der Waals surface area contributed by atoms with E-state index in [0.29, 0.717) is 0 Å². The quantitative estimate of drug-likeness (QED) is 0.766. The van der Waals surface area contributed by atoms with Gasteiger partial charge in [-0.25, -0.2) is 4.79 Å². The summed E-state index contributed by atoms with van der Waals surface area (Å²) < 4.78 is 44.8. The maximum atomic E-state index is 12.2. The first-order chi connectivity index (χ1) is 8.28. The zero-order valence-electron chi connectivity index (χ0n) is 9.46. The zero-order chi connectivity index (χ0) is 13.9. The third kappa shape index (κ3) is 3.13. The van der Waals surface area contributed by atoms with Crippen LogP contribution >= 0.6 is 0 Å². The van der Waals surface area contributed by atoms with Crippen LogP contribution < -0.4 is 4.74 Å². The molecule has 18 heavy (non-hydrogen) atoms. The van der Waals surface area contributed by atoms with E-state index in [1.165, 1.54) is 13.0 Å². The van der Waals surface area contributed by atoms with Crippen molar-refractivity contribution in [2.45, 2.75) is 13.3 Å². The Morgan fingerprint density at radius 2 is 2.00 bits per heavy atom. The predicted octanol–water partition coefficient (Wildman–Crippen LogP) is 2.55. The van der Waals surface area contributed by atoms with Crippen LogP contribution in [0.1, 0.15) is 21.5 Å². The number of alkyl halides is 3. The highest BCUT2D eigenvalue weighted by atomic mass is 19.4. The number of methoxy groups -OCH3 is 1. The monoisotopic (exact) mass is 259 g/mol. The van der Waals surface area contributed by atoms with E-state index in [-0.39, 0.29) is 11.1 Å². The Morgan fingerprint density at radius 1 is 1.39 bits per heavy atom. The number of esters is 1. The summed E-state index contributed by atoms with van der Waals surface area (Å²) in [7, 11) is 1.02. The molecule has 1 aromatic carbocycles. The van der Waals surface area contributed by atoms with Gasteiger partial charge in [-0.05, 0) is 24.6 Å². The maximum Gasteiger partial charge on any atom is 0.573 e. The Morgan fingerprint density at radius 3 is 2.44 bits per heavy atom. The fourth-order valence-corrected chi connectivity index (χ4v) is 1.35. The third-order valence-corrected chi connectivity index (χ3v) is 2.03. The maximum absolute atomic E-state index is 12.2. The Hall–Kier alpha value is -2.23. The van der Waals surface area contributed by atoms with Crippen molar-refractivity contribution in [1.82, 2.24) is 0 Å². The summed E-state index contributed by atoms with van der Waals surface area (Å²) in [6.07, 6.45) is -4.93. The molecule has 4 nitrogen and oxygen atoms in total. The van der Waals surface area contributed by atoms with E-state index in [4.69, 9.17) is 5.26 Å². The number of rotatable bonds is 2. The van der Waals surface area contributed by atoms with Crippen molar-refractivity contribution < 1.29 is 27.4 Å². The van der Waals surface area contributed by atoms with E-state index >= 15 is 0 Å². The molecule has 7 heteroatoms. The van der Waals surface area contributed by atoms with Crippen LogP contribution in [-0.4, -0.2) is 19.4 Å². The van der Waals surface area contributed by atoms with Gasteiger partial charge in [0.15, 0.2) is 0 Å². The highest BCUT2D eigenvalue weighted by Crippen LogP contribution is 2.31. The van der Waals surface area contributed by atoms with Gasteiger partial charge in [0.2, 0.25) is 0 Å². The van der Waals surface area contributed by atoms with Gasteiger partial charge in [0.25, 0.3) is 0 Å². The van der Waals surface area contributed by atoms with Crippen LogP contribution in [0.25, 0.3) is 0 Å². The van der Waals surface area contributed by atoms with Crippen molar-refractivity contribution in [3.63, 3.8) is 0 Å². The molecule has 0 unspecified atom stereocenters. The fourth-order valence-electron chi connectivity index (χ4n) is 1.35. The van der Waals surface area contributed by atoms with Crippen LogP contribution in [-0.2, 0) is 4.74 Å². The first-order valence-electron chi connectivity index (χ1n) is 4.67. The van der Waals surface area contributed by atoms with Gasteiger partial charge in [0.05, 0.1) is 18.7 Å². The van der Waals surface area contributed by atoms with Gasteiger partial charge in [-0.1, -0.05) is 0 Å². The van der Waals surface area contributed by atoms with Crippen LogP contribution in [0.4, 0.5) is 13.2 Å². The summed E-state index contributed by atoms with van der Waals surface area (Å²) in [6, 6.07) is 3.91. The highest BCUT2D eigenvalue weighted by Gasteiger charge is 2.34. The molecule has 0 heterocycles. The van der Waals surface area contributed by atoms with E-state index in [2.05, 4.69) is 9.47 Å². The molecule has 0 aliphatic rings. The number of halogens is 3. The van der Waals surface area contributed by atoms with E-state index in [9.17, 15) is 18.0 Å². The third-order valence-electron chi connectivity index (χ3n) is 2.03. The lowest BCUT2D eigenvalue weighted by Crippen LogP contribution is -2.20. The molecular weight excluding hydrogens is 251 g/mol. The first kappa shape index (κ1) is 13.8. The molecule has 96 valence electrons. The predicted molar refractivity (Wildman–Crippen MR) is 53.9 cm³/mol. The van der Waals surface area contributed by atoms with Crippen molar-refractivity contribution in [2.75, 3.05) is 7.11 Å². The van der Waals surface area contributed by atoms with Crippen molar-refractivity contribution in [3.05, 3.63) is 28.8 Å². The molecule has 1 rings (SSSR count). The number of nitrogens with zero attached hydrogens (tertiary/aromatic N) is 1. The number of hydrogen-bond acceptors (Lipinski definition) is 4. The summed E-state index contributed by atoms with van der Waals surface area (Å²) in [5.74, 6) is -1.66. The number of carbonyl (C=O) groups excluding carboxylic acids is 1. The molecule has 0 N–H and O–H groups in total. The number of nitriles is 1. The minimum absolute atomic E-state index is 0.0202. The molecule has 0 radical (unpaired) electrons. The summed E-state index contributed by atoms with van der Waals surface area (Å²) in [4.78, 5) is 11.4. The molecule has 0 spiro atoms. The molecule has 1 aromatic rings. The second kappa shape index (κ2) is 4.96. The van der Waals surface area contributed by atoms with Gasteiger partial charge in [-0.2, -0.15) is 5.26 Å². The second-order valence-electron chi connectivity index (χ2n) is 3.32. The lowest BCUT2D eigenvalue weighted by molar-refractivity contribution is -0.275. The molecule has 0 atom stereocenters. The van der Waals surface area contributed by atoms with Gasteiger partial charge in [0.1, 0.15) is 11.3 Å². The minimum Gasteiger partial charge on any atom is -0.465 e. The SMILES string of the molecule is COC(=O)c1cc(C#N)cc(C)c1OC(F)(F)F. The summed E-state index contributed by atoms with van der Waals surface area (Å²) >= 11 is 0. The largest absolute Gasteiger partial charge is 0.573 e. The highest BCUT2D eigenvalue weighted by molar-refractivity contribution is 5.93. The fraction of sp³-hybridized carbons (Fsp3) is 0.273. The summed E-state index contributed by atoms with van der Waals surface area (Å²) in [5.41, 5.74) is -0.374. The molecule has 0 bridgehead atoms. The smallest absolute Gasteiger partial charge is 0.465 e. The van der Waals surface area contributed by atoms with Gasteiger partial charge >= 0.3 is 12.3 Å². The molecule has 0 aromatic heterocycles. The van der Waals surface area contributed by atoms with Crippen molar-refractivity contribution in [3.8, 4) is 11.8 Å². The van der Waals surface area contributed by atoms with Crippen molar-refractivity contribution >= 4 is 5.97 Å². The average molecular weight is 259 g/mol. The topological polar surface area (TPSA) is 59.3 Å². The van der Waals surface area contributed by atoms with E-state index in [1.54, 1.807) is 6.07 Å². The number of aryl methyl sites for hydroxylation is 1. The second-order valence-corrected chi connectivity index (χ2v) is 3.32. The van der Waals surface area contributed by atoms with Crippen LogP contribution in [0.2, 0.25) is 0 Å². The standard InChI is InChI=1S/C11H8F3NO3/c1-6-3-7(5-15)4-8(10(16)17-2)9(6)18-11(12,13)14/h3-4H,1-2H3. The molecule has 0 fully saturated rings. The Balaban J connectivity index is 3.39. The number of benzene rings is 1. The number of ether oxygens (including phenoxy) is 2. The molecule has 0 aliphatic carbocycles. The van der Waals surface area contributed by atoms with Crippen molar-refractivity contribution in [1.29, 1.82) is 5.26 Å². The lowest BCUT2D eigenvalue weighted by Gasteiger charge is -2.14. The molecule has 0 aliphatic heterocycles. The van der Waals surface area contributed by atoms with Gasteiger partial charge in [0, 0.05) is 0 Å². The first-order valence-corrected chi connectivity index (χ1v) is 4.67. The van der Waals surface area contributed by atoms with Gasteiger partial charge in [-0.3, -0.25) is 0 Å². The molecule has 0 saturated heterocycles. The van der Waals surface area contributed by atoms with Crippen molar-refractivity contribution in [2.24, 2.45) is 0 Å². The number of hydrogen-bond donors (Lipinski definition) is 0. The molecule has 0 amide bonds. The Kier molecular flexibility index (Phi) is 3.81. The van der Waals surface area contributed by atoms with E-state index < -0.39 is 23.6 Å². The molecule has 0 saturated carbocycles. The Labute approximate surface area is 101 Å². The van der Waals surface area contributed by atoms with Crippen LogP contribution in [0.5, 0.6) is 5.75 Å². The zero-order valence-corrected chi connectivity index (χ0v) is 9.46. The normalized spacial score (nSPS) is 10.7.